The van der Waals surface area contributed by atoms with Gasteiger partial charge in [0.05, 0.1) is 11.4 Å². The van der Waals surface area contributed by atoms with Crippen LogP contribution in [0.15, 0.2) is 18.2 Å². The zero-order valence-corrected chi connectivity index (χ0v) is 11.6. The van der Waals surface area contributed by atoms with Gasteiger partial charge in [-0.15, -0.1) is 0 Å². The lowest BCUT2D eigenvalue weighted by molar-refractivity contribution is 0.581. The molecule has 0 fully saturated rings. The smallest absolute Gasteiger partial charge is 0.233 e. The molecule has 0 heterocycles. The first-order chi connectivity index (χ1) is 8.32. The molecule has 0 atom stereocenters. The van der Waals surface area contributed by atoms with E-state index in [-0.39, 0.29) is 11.8 Å². The summed E-state index contributed by atoms with van der Waals surface area (Å²) in [7, 11) is -3.45. The highest BCUT2D eigenvalue weighted by Gasteiger charge is 2.13. The molecule has 6 heteroatoms. The number of benzene rings is 1. The van der Waals surface area contributed by atoms with Crippen LogP contribution in [0.1, 0.15) is 19.4 Å². The Morgan fingerprint density at radius 3 is 2.61 bits per heavy atom. The largest absolute Gasteiger partial charge is 0.313 e. The van der Waals surface area contributed by atoms with Crippen LogP contribution >= 0.6 is 0 Å². The molecule has 1 aromatic rings. The van der Waals surface area contributed by atoms with Gasteiger partial charge in [-0.1, -0.05) is 19.9 Å². The molecular weight excluding hydrogens is 255 g/mol. The van der Waals surface area contributed by atoms with Crippen LogP contribution in [0, 0.1) is 12.7 Å². The fraction of sp³-hybridized carbons (Fsp3) is 0.500. The number of hydrogen-bond donors (Lipinski definition) is 2. The minimum Gasteiger partial charge on any atom is -0.313 e. The Morgan fingerprint density at radius 1 is 1.33 bits per heavy atom. The van der Waals surface area contributed by atoms with Gasteiger partial charge in [0.25, 0.3) is 0 Å². The Balaban J connectivity index is 2.68. The molecule has 2 N–H and O–H groups in total. The van der Waals surface area contributed by atoms with Crippen molar-refractivity contribution < 1.29 is 12.8 Å². The van der Waals surface area contributed by atoms with Gasteiger partial charge >= 0.3 is 0 Å². The maximum atomic E-state index is 13.3. The SMILES string of the molecule is Cc1c(F)cccc1NS(=O)(=O)CCNC(C)C. The van der Waals surface area contributed by atoms with E-state index in [2.05, 4.69) is 10.0 Å². The fourth-order valence-electron chi connectivity index (χ4n) is 1.42. The van der Waals surface area contributed by atoms with Crippen molar-refractivity contribution in [2.75, 3.05) is 17.0 Å². The molecule has 0 aliphatic heterocycles. The van der Waals surface area contributed by atoms with Crippen molar-refractivity contribution in [1.29, 1.82) is 0 Å². The molecule has 0 unspecified atom stereocenters. The standard InChI is InChI=1S/C12H19FN2O2S/c1-9(2)14-7-8-18(16,17)15-12-6-4-5-11(13)10(12)3/h4-6,9,14-15H,7-8H2,1-3H3. The summed E-state index contributed by atoms with van der Waals surface area (Å²) in [6.07, 6.45) is 0. The van der Waals surface area contributed by atoms with Crippen molar-refractivity contribution >= 4 is 15.7 Å². The molecule has 0 amide bonds. The van der Waals surface area contributed by atoms with Crippen LogP contribution in [0.25, 0.3) is 0 Å². The predicted molar refractivity (Wildman–Crippen MR) is 71.7 cm³/mol. The topological polar surface area (TPSA) is 58.2 Å². The van der Waals surface area contributed by atoms with E-state index in [1.54, 1.807) is 13.0 Å². The van der Waals surface area contributed by atoms with Gasteiger partial charge in [-0.25, -0.2) is 12.8 Å². The Kier molecular flexibility index (Phi) is 5.10. The highest BCUT2D eigenvalue weighted by molar-refractivity contribution is 7.92. The van der Waals surface area contributed by atoms with Crippen LogP contribution in [0.4, 0.5) is 10.1 Å². The molecule has 1 rings (SSSR count). The first-order valence-electron chi connectivity index (χ1n) is 5.81. The summed E-state index contributed by atoms with van der Waals surface area (Å²) in [4.78, 5) is 0. The Morgan fingerprint density at radius 2 is 2.00 bits per heavy atom. The molecule has 0 aliphatic rings. The van der Waals surface area contributed by atoms with Gasteiger partial charge in [0.1, 0.15) is 5.82 Å². The predicted octanol–water partition coefficient (Wildman–Crippen LogP) is 1.87. The summed E-state index contributed by atoms with van der Waals surface area (Å²) in [5.74, 6) is -0.461. The Hall–Kier alpha value is -1.14. The van der Waals surface area contributed by atoms with Crippen LogP contribution in [-0.4, -0.2) is 26.8 Å². The molecule has 0 spiro atoms. The summed E-state index contributed by atoms with van der Waals surface area (Å²) in [5.41, 5.74) is 0.595. The number of rotatable bonds is 6. The average Bonchev–Trinajstić information content (AvgIpc) is 2.23. The van der Waals surface area contributed by atoms with Crippen molar-refractivity contribution in [2.24, 2.45) is 0 Å². The number of anilines is 1. The number of sulfonamides is 1. The molecule has 0 aromatic heterocycles. The second-order valence-corrected chi connectivity index (χ2v) is 6.28. The van der Waals surface area contributed by atoms with Crippen LogP contribution in [0.2, 0.25) is 0 Å². The Labute approximate surface area is 108 Å². The van der Waals surface area contributed by atoms with Crippen LogP contribution in [0.5, 0.6) is 0 Å². The van der Waals surface area contributed by atoms with Gasteiger partial charge in [0.15, 0.2) is 0 Å². The number of hydrogen-bond acceptors (Lipinski definition) is 3. The van der Waals surface area contributed by atoms with Gasteiger partial charge in [-0.3, -0.25) is 4.72 Å². The van der Waals surface area contributed by atoms with Gasteiger partial charge in [0.2, 0.25) is 10.0 Å². The van der Waals surface area contributed by atoms with E-state index in [4.69, 9.17) is 0 Å². The lowest BCUT2D eigenvalue weighted by Gasteiger charge is -2.12. The molecule has 0 radical (unpaired) electrons. The van der Waals surface area contributed by atoms with E-state index in [0.717, 1.165) is 0 Å². The average molecular weight is 274 g/mol. The van der Waals surface area contributed by atoms with E-state index >= 15 is 0 Å². The molecule has 0 aliphatic carbocycles. The zero-order chi connectivity index (χ0) is 13.8. The first-order valence-corrected chi connectivity index (χ1v) is 7.46. The molecule has 0 bridgehead atoms. The third-order valence-corrected chi connectivity index (χ3v) is 3.73. The van der Waals surface area contributed by atoms with Crippen molar-refractivity contribution in [3.8, 4) is 0 Å². The first kappa shape index (κ1) is 14.9. The van der Waals surface area contributed by atoms with E-state index in [1.807, 2.05) is 13.8 Å². The quantitative estimate of drug-likeness (QED) is 0.832. The lowest BCUT2D eigenvalue weighted by atomic mass is 10.2. The third kappa shape index (κ3) is 4.62. The van der Waals surface area contributed by atoms with Crippen molar-refractivity contribution in [3.05, 3.63) is 29.6 Å². The van der Waals surface area contributed by atoms with Crippen molar-refractivity contribution in [1.82, 2.24) is 5.32 Å². The van der Waals surface area contributed by atoms with Crippen LogP contribution < -0.4 is 10.0 Å². The maximum absolute atomic E-state index is 13.3. The molecule has 0 saturated carbocycles. The van der Waals surface area contributed by atoms with E-state index in [1.165, 1.54) is 12.1 Å². The summed E-state index contributed by atoms with van der Waals surface area (Å²) in [6, 6.07) is 4.56. The molecule has 4 nitrogen and oxygen atoms in total. The highest BCUT2D eigenvalue weighted by Crippen LogP contribution is 2.18. The summed E-state index contributed by atoms with van der Waals surface area (Å²) < 4.78 is 39.2. The van der Waals surface area contributed by atoms with Crippen LogP contribution in [0.3, 0.4) is 0 Å². The monoisotopic (exact) mass is 274 g/mol. The molecule has 0 saturated heterocycles. The maximum Gasteiger partial charge on any atom is 0.233 e. The van der Waals surface area contributed by atoms with Gasteiger partial charge in [-0.2, -0.15) is 0 Å². The minimum absolute atomic E-state index is 0.0405. The van der Waals surface area contributed by atoms with Gasteiger partial charge in [0, 0.05) is 18.2 Å². The van der Waals surface area contributed by atoms with E-state index < -0.39 is 15.8 Å². The molecule has 18 heavy (non-hydrogen) atoms. The second kappa shape index (κ2) is 6.15. The number of halogens is 1. The molecule has 102 valence electrons. The van der Waals surface area contributed by atoms with Crippen LogP contribution in [-0.2, 0) is 10.0 Å². The highest BCUT2D eigenvalue weighted by atomic mass is 32.2. The third-order valence-electron chi connectivity index (χ3n) is 2.46. The van der Waals surface area contributed by atoms with Gasteiger partial charge in [-0.05, 0) is 19.1 Å². The van der Waals surface area contributed by atoms with Gasteiger partial charge < -0.3 is 5.32 Å². The van der Waals surface area contributed by atoms with Crippen molar-refractivity contribution in [2.45, 2.75) is 26.8 Å². The van der Waals surface area contributed by atoms with E-state index in [9.17, 15) is 12.8 Å². The summed E-state index contributed by atoms with van der Waals surface area (Å²) in [6.45, 7) is 5.79. The minimum atomic E-state index is -3.45. The summed E-state index contributed by atoms with van der Waals surface area (Å²) in [5, 5.41) is 3.02. The number of nitrogens with one attached hydrogen (secondary N) is 2. The van der Waals surface area contributed by atoms with E-state index in [0.29, 0.717) is 17.8 Å². The molecular formula is C12H19FN2O2S. The second-order valence-electron chi connectivity index (χ2n) is 4.44. The fourth-order valence-corrected chi connectivity index (χ4v) is 2.46. The molecule has 1 aromatic carbocycles. The van der Waals surface area contributed by atoms with Crippen molar-refractivity contribution in [3.63, 3.8) is 0 Å². The Bertz CT molecular complexity index is 501. The summed E-state index contributed by atoms with van der Waals surface area (Å²) >= 11 is 0. The normalized spacial score (nSPS) is 11.8. The lowest BCUT2D eigenvalue weighted by Crippen LogP contribution is -2.31. The zero-order valence-electron chi connectivity index (χ0n) is 10.8.